The van der Waals surface area contributed by atoms with Crippen LogP contribution in [0.2, 0.25) is 0 Å². The van der Waals surface area contributed by atoms with E-state index in [0.29, 0.717) is 0 Å². The summed E-state index contributed by atoms with van der Waals surface area (Å²) in [4.78, 5) is 10.8. The highest BCUT2D eigenvalue weighted by molar-refractivity contribution is 5.51. The number of hydrogen-bond acceptors (Lipinski definition) is 1. The molecule has 0 heterocycles. The minimum Gasteiger partial charge on any atom is -0.348 e. The van der Waals surface area contributed by atoms with Crippen LogP contribution in [-0.2, 0) is 17.1 Å². The molecule has 0 unspecified atom stereocenters. The first kappa shape index (κ1) is 17.8. The van der Waals surface area contributed by atoms with E-state index < -0.39 is 29.5 Å². The third kappa shape index (κ3) is 4.06. The van der Waals surface area contributed by atoms with E-state index in [4.69, 9.17) is 0 Å². The predicted molar refractivity (Wildman–Crippen MR) is 73.9 cm³/mol. The smallest absolute Gasteiger partial charge is 0.348 e. The molecule has 0 radical (unpaired) electrons. The van der Waals surface area contributed by atoms with Crippen molar-refractivity contribution in [3.63, 3.8) is 0 Å². The Morgan fingerprint density at radius 2 is 1.21 bits per heavy atom. The molecule has 0 bridgehead atoms. The number of rotatable bonds is 4. The Balaban J connectivity index is 2.49. The number of hydrogen-bond donors (Lipinski definition) is 1. The summed E-state index contributed by atoms with van der Waals surface area (Å²) in [6, 6.07) is 7.00. The molecular weight excluding hydrogens is 336 g/mol. The summed E-state index contributed by atoms with van der Waals surface area (Å²) in [6.45, 7) is 0. The van der Waals surface area contributed by atoms with Gasteiger partial charge in [0, 0.05) is 0 Å². The average molecular weight is 347 g/mol. The Kier molecular flexibility index (Phi) is 4.86. The Hall–Kier alpha value is -2.51. The van der Waals surface area contributed by atoms with Gasteiger partial charge in [-0.1, -0.05) is 24.3 Å². The van der Waals surface area contributed by atoms with Crippen LogP contribution in [0, 0.1) is 0 Å². The van der Waals surface area contributed by atoms with Crippen LogP contribution in [0.4, 0.5) is 26.3 Å². The molecule has 0 fully saturated rings. The van der Waals surface area contributed by atoms with Gasteiger partial charge in [0.25, 0.3) is 0 Å². The van der Waals surface area contributed by atoms with E-state index in [1.807, 2.05) is 0 Å². The van der Waals surface area contributed by atoms with Crippen LogP contribution in [0.25, 0.3) is 0 Å². The third-order valence-corrected chi connectivity index (χ3v) is 3.33. The van der Waals surface area contributed by atoms with Crippen LogP contribution in [0.15, 0.2) is 48.5 Å². The first-order valence-electron chi connectivity index (χ1n) is 6.67. The van der Waals surface area contributed by atoms with Gasteiger partial charge >= 0.3 is 12.4 Å². The van der Waals surface area contributed by atoms with Gasteiger partial charge in [0.2, 0.25) is 6.41 Å². The highest BCUT2D eigenvalue weighted by Crippen LogP contribution is 2.34. The summed E-state index contributed by atoms with van der Waals surface area (Å²) in [5, 5.41) is 2.26. The van der Waals surface area contributed by atoms with Crippen molar-refractivity contribution < 1.29 is 31.1 Å². The molecular formula is C16H11F6NO. The first-order chi connectivity index (χ1) is 11.1. The number of amides is 1. The van der Waals surface area contributed by atoms with Crippen molar-refractivity contribution >= 4 is 6.41 Å². The third-order valence-electron chi connectivity index (χ3n) is 3.33. The molecule has 2 aromatic carbocycles. The summed E-state index contributed by atoms with van der Waals surface area (Å²) < 4.78 is 76.8. The van der Waals surface area contributed by atoms with E-state index in [-0.39, 0.29) is 17.5 Å². The zero-order valence-corrected chi connectivity index (χ0v) is 11.9. The Morgan fingerprint density at radius 3 is 1.54 bits per heavy atom. The lowest BCUT2D eigenvalue weighted by atomic mass is 9.95. The maximum Gasteiger partial charge on any atom is 0.416 e. The molecule has 8 heteroatoms. The molecule has 0 aromatic heterocycles. The molecule has 0 atom stereocenters. The van der Waals surface area contributed by atoms with Crippen molar-refractivity contribution in [3.05, 3.63) is 70.8 Å². The number of alkyl halides is 6. The van der Waals surface area contributed by atoms with Crippen molar-refractivity contribution in [3.8, 4) is 0 Å². The second-order valence-electron chi connectivity index (χ2n) is 4.96. The van der Waals surface area contributed by atoms with Crippen molar-refractivity contribution in [2.45, 2.75) is 18.4 Å². The fourth-order valence-corrected chi connectivity index (χ4v) is 2.24. The molecule has 0 saturated carbocycles. The second-order valence-corrected chi connectivity index (χ2v) is 4.96. The minimum absolute atomic E-state index is 0.0243. The van der Waals surface area contributed by atoms with Crippen LogP contribution in [0.3, 0.4) is 0 Å². The highest BCUT2D eigenvalue weighted by atomic mass is 19.4. The average Bonchev–Trinajstić information content (AvgIpc) is 2.51. The van der Waals surface area contributed by atoms with Gasteiger partial charge in [-0.2, -0.15) is 26.3 Å². The van der Waals surface area contributed by atoms with E-state index in [9.17, 15) is 31.1 Å². The zero-order chi connectivity index (χ0) is 18.0. The molecule has 0 aliphatic heterocycles. The van der Waals surface area contributed by atoms with Crippen LogP contribution in [0.5, 0.6) is 0 Å². The van der Waals surface area contributed by atoms with Gasteiger partial charge < -0.3 is 5.32 Å². The van der Waals surface area contributed by atoms with Gasteiger partial charge in [-0.25, -0.2) is 0 Å². The standard InChI is InChI=1S/C16H11F6NO/c17-15(18,19)12-5-1-3-10(7-12)14(23-9-24)11-4-2-6-13(8-11)16(20,21)22/h1-9,14H,(H,23,24). The highest BCUT2D eigenvalue weighted by Gasteiger charge is 2.32. The Labute approximate surface area is 133 Å². The molecule has 128 valence electrons. The largest absolute Gasteiger partial charge is 0.416 e. The van der Waals surface area contributed by atoms with Crippen molar-refractivity contribution in [1.29, 1.82) is 0 Å². The van der Waals surface area contributed by atoms with Crippen LogP contribution < -0.4 is 5.32 Å². The lowest BCUT2D eigenvalue weighted by Crippen LogP contribution is -2.22. The second kappa shape index (κ2) is 6.54. The topological polar surface area (TPSA) is 29.1 Å². The van der Waals surface area contributed by atoms with Crippen molar-refractivity contribution in [1.82, 2.24) is 5.32 Å². The van der Waals surface area contributed by atoms with Gasteiger partial charge in [-0.3, -0.25) is 4.79 Å². The van der Waals surface area contributed by atoms with E-state index >= 15 is 0 Å². The Morgan fingerprint density at radius 1 is 0.792 bits per heavy atom. The summed E-state index contributed by atoms with van der Waals surface area (Å²) in [7, 11) is 0. The lowest BCUT2D eigenvalue weighted by Gasteiger charge is -2.20. The summed E-state index contributed by atoms with van der Waals surface area (Å²) >= 11 is 0. The predicted octanol–water partition coefficient (Wildman–Crippen LogP) is 4.56. The van der Waals surface area contributed by atoms with Gasteiger partial charge in [0.1, 0.15) is 0 Å². The van der Waals surface area contributed by atoms with Crippen molar-refractivity contribution in [2.24, 2.45) is 0 Å². The summed E-state index contributed by atoms with van der Waals surface area (Å²) in [5.41, 5.74) is -1.86. The van der Waals surface area contributed by atoms with Gasteiger partial charge in [-0.15, -0.1) is 0 Å². The quantitative estimate of drug-likeness (QED) is 0.638. The molecule has 2 rings (SSSR count). The molecule has 2 aromatic rings. The number of carbonyl (C=O) groups excluding carboxylic acids is 1. The molecule has 2 nitrogen and oxygen atoms in total. The zero-order valence-electron chi connectivity index (χ0n) is 11.9. The SMILES string of the molecule is O=CNC(c1cccc(C(F)(F)F)c1)c1cccc(C(F)(F)F)c1. The summed E-state index contributed by atoms with van der Waals surface area (Å²) in [6.07, 6.45) is -8.98. The van der Waals surface area contributed by atoms with Gasteiger partial charge in [0.05, 0.1) is 17.2 Å². The normalized spacial score (nSPS) is 12.3. The molecule has 24 heavy (non-hydrogen) atoms. The van der Waals surface area contributed by atoms with Crippen LogP contribution in [-0.4, -0.2) is 6.41 Å². The summed E-state index contributed by atoms with van der Waals surface area (Å²) in [5.74, 6) is 0. The van der Waals surface area contributed by atoms with E-state index in [2.05, 4.69) is 5.32 Å². The fraction of sp³-hybridized carbons (Fsp3) is 0.188. The maximum absolute atomic E-state index is 12.8. The number of benzene rings is 2. The van der Waals surface area contributed by atoms with Gasteiger partial charge in [0.15, 0.2) is 0 Å². The number of halogens is 6. The van der Waals surface area contributed by atoms with Crippen LogP contribution in [0.1, 0.15) is 28.3 Å². The van der Waals surface area contributed by atoms with E-state index in [1.165, 1.54) is 12.1 Å². The molecule has 0 aliphatic carbocycles. The Bertz CT molecular complexity index is 665. The fourth-order valence-electron chi connectivity index (χ4n) is 2.24. The van der Waals surface area contributed by atoms with E-state index in [0.717, 1.165) is 36.4 Å². The molecule has 1 N–H and O–H groups in total. The monoisotopic (exact) mass is 347 g/mol. The molecule has 0 saturated heterocycles. The minimum atomic E-state index is -4.60. The molecule has 0 spiro atoms. The number of carbonyl (C=O) groups is 1. The maximum atomic E-state index is 12.8. The van der Waals surface area contributed by atoms with E-state index in [1.54, 1.807) is 0 Å². The first-order valence-corrected chi connectivity index (χ1v) is 6.67. The van der Waals surface area contributed by atoms with Crippen molar-refractivity contribution in [2.75, 3.05) is 0 Å². The lowest BCUT2D eigenvalue weighted by molar-refractivity contribution is -0.138. The molecule has 1 amide bonds. The van der Waals surface area contributed by atoms with Gasteiger partial charge in [-0.05, 0) is 35.4 Å². The van der Waals surface area contributed by atoms with Crippen LogP contribution >= 0.6 is 0 Å². The number of nitrogens with one attached hydrogen (secondary N) is 1. The molecule has 0 aliphatic rings.